The van der Waals surface area contributed by atoms with Crippen LogP contribution in [0.25, 0.3) is 5.69 Å². The molecule has 0 fully saturated rings. The van der Waals surface area contributed by atoms with E-state index in [1.165, 1.54) is 5.56 Å². The van der Waals surface area contributed by atoms with Gasteiger partial charge in [-0.05, 0) is 62.8 Å². The maximum Gasteiger partial charge on any atom is 0.202 e. The number of benzene rings is 1. The molecule has 1 aromatic heterocycles. The normalized spacial score (nSPS) is 14.4. The first-order chi connectivity index (χ1) is 9.09. The van der Waals surface area contributed by atoms with E-state index in [0.29, 0.717) is 0 Å². The number of aryl methyl sites for hydroxylation is 2. The van der Waals surface area contributed by atoms with E-state index in [0.717, 1.165) is 48.1 Å². The Morgan fingerprint density at radius 2 is 1.47 bits per heavy atom. The Bertz CT molecular complexity index is 611. The highest BCUT2D eigenvalue weighted by Crippen LogP contribution is 2.40. The minimum Gasteiger partial charge on any atom is -0.494 e. The number of aromatic nitrogens is 1. The Hall–Kier alpha value is -1.90. The molecule has 2 N–H and O–H groups in total. The van der Waals surface area contributed by atoms with E-state index in [1.54, 1.807) is 4.57 Å². The van der Waals surface area contributed by atoms with Crippen LogP contribution in [0.5, 0.6) is 11.8 Å². The molecule has 1 aliphatic rings. The van der Waals surface area contributed by atoms with Gasteiger partial charge in [0, 0.05) is 11.1 Å². The third-order valence-corrected chi connectivity index (χ3v) is 4.18. The zero-order valence-corrected chi connectivity index (χ0v) is 11.4. The van der Waals surface area contributed by atoms with Gasteiger partial charge >= 0.3 is 0 Å². The van der Waals surface area contributed by atoms with Crippen molar-refractivity contribution in [1.29, 1.82) is 0 Å². The third kappa shape index (κ3) is 1.81. The molecule has 0 radical (unpaired) electrons. The average Bonchev–Trinajstić information content (AvgIpc) is 2.66. The van der Waals surface area contributed by atoms with Crippen LogP contribution >= 0.6 is 0 Å². The number of nitrogens with zero attached hydrogens (tertiary/aromatic N) is 1. The lowest BCUT2D eigenvalue weighted by Gasteiger charge is -2.09. The fourth-order valence-corrected chi connectivity index (χ4v) is 2.88. The maximum absolute atomic E-state index is 10.4. The molecule has 0 aliphatic heterocycles. The predicted octanol–water partition coefficient (Wildman–Crippen LogP) is 3.38. The molecule has 0 amide bonds. The minimum absolute atomic E-state index is 0.204. The lowest BCUT2D eigenvalue weighted by Crippen LogP contribution is -1.98. The molecule has 1 aliphatic carbocycles. The summed E-state index contributed by atoms with van der Waals surface area (Å²) in [6, 6.07) is 5.95. The monoisotopic (exact) mass is 257 g/mol. The topological polar surface area (TPSA) is 45.4 Å². The third-order valence-electron chi connectivity index (χ3n) is 4.18. The van der Waals surface area contributed by atoms with Crippen LogP contribution in [0.1, 0.15) is 35.1 Å². The molecule has 0 saturated heterocycles. The van der Waals surface area contributed by atoms with Crippen molar-refractivity contribution in [3.05, 3.63) is 40.5 Å². The highest BCUT2D eigenvalue weighted by atomic mass is 16.3. The summed E-state index contributed by atoms with van der Waals surface area (Å²) in [4.78, 5) is 0. The molecule has 0 atom stereocenters. The first-order valence-corrected chi connectivity index (χ1v) is 6.81. The summed E-state index contributed by atoms with van der Waals surface area (Å²) in [5, 5.41) is 20.7. The van der Waals surface area contributed by atoms with Crippen LogP contribution < -0.4 is 0 Å². The van der Waals surface area contributed by atoms with Crippen LogP contribution in [-0.2, 0) is 12.8 Å². The highest BCUT2D eigenvalue weighted by molar-refractivity contribution is 5.54. The Morgan fingerprint density at radius 3 is 2.00 bits per heavy atom. The quantitative estimate of drug-likeness (QED) is 0.822. The van der Waals surface area contributed by atoms with Crippen LogP contribution in [-0.4, -0.2) is 14.8 Å². The van der Waals surface area contributed by atoms with Gasteiger partial charge in [-0.1, -0.05) is 6.07 Å². The van der Waals surface area contributed by atoms with Crippen molar-refractivity contribution in [2.24, 2.45) is 0 Å². The summed E-state index contributed by atoms with van der Waals surface area (Å²) in [6.07, 6.45) is 3.87. The zero-order valence-electron chi connectivity index (χ0n) is 11.4. The number of fused-ring (bicyclic) bond motifs is 1. The van der Waals surface area contributed by atoms with E-state index in [2.05, 4.69) is 6.92 Å². The Balaban J connectivity index is 2.19. The molecule has 3 heteroatoms. The number of rotatable bonds is 1. The Kier molecular flexibility index (Phi) is 2.77. The molecule has 0 bridgehead atoms. The maximum atomic E-state index is 10.4. The molecule has 2 aromatic rings. The van der Waals surface area contributed by atoms with Gasteiger partial charge in [0.2, 0.25) is 11.8 Å². The van der Waals surface area contributed by atoms with Crippen molar-refractivity contribution >= 4 is 0 Å². The molecule has 1 heterocycles. The molecule has 0 spiro atoms. The molecule has 0 saturated carbocycles. The summed E-state index contributed by atoms with van der Waals surface area (Å²) >= 11 is 0. The molecule has 100 valence electrons. The largest absolute Gasteiger partial charge is 0.494 e. The lowest BCUT2D eigenvalue weighted by atomic mass is 9.95. The van der Waals surface area contributed by atoms with Gasteiger partial charge in [0.15, 0.2) is 0 Å². The molecule has 1 aromatic carbocycles. The van der Waals surface area contributed by atoms with E-state index in [4.69, 9.17) is 0 Å². The molecule has 3 nitrogen and oxygen atoms in total. The van der Waals surface area contributed by atoms with E-state index in [-0.39, 0.29) is 11.8 Å². The van der Waals surface area contributed by atoms with Gasteiger partial charge in [-0.15, -0.1) is 0 Å². The smallest absolute Gasteiger partial charge is 0.202 e. The number of hydrogen-bond donors (Lipinski definition) is 2. The zero-order chi connectivity index (χ0) is 13.6. The summed E-state index contributed by atoms with van der Waals surface area (Å²) in [7, 11) is 0. The van der Waals surface area contributed by atoms with Crippen molar-refractivity contribution in [2.75, 3.05) is 0 Å². The molecular formula is C16H19NO2. The van der Waals surface area contributed by atoms with Gasteiger partial charge in [0.1, 0.15) is 0 Å². The SMILES string of the molecule is Cc1ccc(-n2c(O)c3c(c2O)CCCC3)cc1C. The first-order valence-electron chi connectivity index (χ1n) is 6.81. The van der Waals surface area contributed by atoms with Crippen LogP contribution in [0, 0.1) is 13.8 Å². The van der Waals surface area contributed by atoms with E-state index in [9.17, 15) is 10.2 Å². The molecule has 3 rings (SSSR count). The average molecular weight is 257 g/mol. The minimum atomic E-state index is 0.204. The molecular weight excluding hydrogens is 238 g/mol. The second-order valence-corrected chi connectivity index (χ2v) is 5.42. The Morgan fingerprint density at radius 1 is 0.895 bits per heavy atom. The van der Waals surface area contributed by atoms with Crippen molar-refractivity contribution in [3.8, 4) is 17.4 Å². The number of aromatic hydroxyl groups is 2. The highest BCUT2D eigenvalue weighted by Gasteiger charge is 2.25. The van der Waals surface area contributed by atoms with Crippen molar-refractivity contribution < 1.29 is 10.2 Å². The standard InChI is InChI=1S/C16H19NO2/c1-10-7-8-12(9-11(10)2)17-15(18)13-5-3-4-6-14(13)16(17)19/h7-9,18-19H,3-6H2,1-2H3. The lowest BCUT2D eigenvalue weighted by molar-refractivity contribution is 0.399. The second-order valence-electron chi connectivity index (χ2n) is 5.42. The van der Waals surface area contributed by atoms with Gasteiger partial charge in [0.05, 0.1) is 5.69 Å². The van der Waals surface area contributed by atoms with Gasteiger partial charge in [-0.25, -0.2) is 0 Å². The van der Waals surface area contributed by atoms with Crippen LogP contribution in [0.15, 0.2) is 18.2 Å². The molecule has 19 heavy (non-hydrogen) atoms. The van der Waals surface area contributed by atoms with Gasteiger partial charge in [0.25, 0.3) is 0 Å². The predicted molar refractivity (Wildman–Crippen MR) is 75.2 cm³/mol. The van der Waals surface area contributed by atoms with E-state index >= 15 is 0 Å². The summed E-state index contributed by atoms with van der Waals surface area (Å²) < 4.78 is 1.57. The summed E-state index contributed by atoms with van der Waals surface area (Å²) in [5.41, 5.74) is 5.03. The number of hydrogen-bond acceptors (Lipinski definition) is 2. The van der Waals surface area contributed by atoms with Crippen LogP contribution in [0.2, 0.25) is 0 Å². The van der Waals surface area contributed by atoms with E-state index < -0.39 is 0 Å². The van der Waals surface area contributed by atoms with Crippen LogP contribution in [0.4, 0.5) is 0 Å². The summed E-state index contributed by atoms with van der Waals surface area (Å²) in [5.74, 6) is 0.408. The molecule has 0 unspecified atom stereocenters. The van der Waals surface area contributed by atoms with Crippen molar-refractivity contribution in [1.82, 2.24) is 4.57 Å². The van der Waals surface area contributed by atoms with Gasteiger partial charge in [-0.2, -0.15) is 0 Å². The first kappa shape index (κ1) is 12.2. The van der Waals surface area contributed by atoms with Crippen LogP contribution in [0.3, 0.4) is 0 Å². The van der Waals surface area contributed by atoms with Crippen molar-refractivity contribution in [3.63, 3.8) is 0 Å². The van der Waals surface area contributed by atoms with E-state index in [1.807, 2.05) is 25.1 Å². The van der Waals surface area contributed by atoms with Crippen molar-refractivity contribution in [2.45, 2.75) is 39.5 Å². The van der Waals surface area contributed by atoms with Gasteiger partial charge in [-0.3, -0.25) is 4.57 Å². The second kappa shape index (κ2) is 4.34. The van der Waals surface area contributed by atoms with Gasteiger partial charge < -0.3 is 10.2 Å². The fraction of sp³-hybridized carbons (Fsp3) is 0.375. The fourth-order valence-electron chi connectivity index (χ4n) is 2.88. The Labute approximate surface area is 113 Å². The summed E-state index contributed by atoms with van der Waals surface area (Å²) in [6.45, 7) is 4.09.